The third kappa shape index (κ3) is 2.90. The van der Waals surface area contributed by atoms with Gasteiger partial charge < -0.3 is 15.0 Å². The molecule has 3 nitrogen and oxygen atoms in total. The molecule has 1 aromatic carbocycles. The summed E-state index contributed by atoms with van der Waals surface area (Å²) in [5.74, 6) is 0.890. The van der Waals surface area contributed by atoms with Crippen molar-refractivity contribution in [1.29, 1.82) is 0 Å². The fourth-order valence-electron chi connectivity index (χ4n) is 2.38. The summed E-state index contributed by atoms with van der Waals surface area (Å²) in [5.41, 5.74) is 1.09. The minimum Gasteiger partial charge on any atom is -0.495 e. The second-order valence-corrected chi connectivity index (χ2v) is 5.39. The lowest BCUT2D eigenvalue weighted by Crippen LogP contribution is -2.38. The Morgan fingerprint density at radius 3 is 2.89 bits per heavy atom. The van der Waals surface area contributed by atoms with Crippen molar-refractivity contribution in [2.75, 3.05) is 25.1 Å². The standard InChI is InChI=1S/C14H21ClN2O/c1-10-6-7-17(11(2)9-16-10)13-8-12(15)4-5-14(13)18-3/h4-5,8,10-11,16H,6-7,9H2,1-3H3. The molecular formula is C14H21ClN2O. The molecule has 0 aliphatic carbocycles. The molecule has 1 heterocycles. The van der Waals surface area contributed by atoms with Gasteiger partial charge >= 0.3 is 0 Å². The molecular weight excluding hydrogens is 248 g/mol. The number of benzene rings is 1. The molecule has 100 valence electrons. The Hall–Kier alpha value is -0.930. The fourth-order valence-corrected chi connectivity index (χ4v) is 2.55. The Balaban J connectivity index is 2.30. The number of ether oxygens (including phenoxy) is 1. The van der Waals surface area contributed by atoms with Gasteiger partial charge in [0, 0.05) is 30.2 Å². The minimum absolute atomic E-state index is 0.433. The van der Waals surface area contributed by atoms with Crippen LogP contribution in [-0.4, -0.2) is 32.3 Å². The van der Waals surface area contributed by atoms with Gasteiger partial charge in [-0.25, -0.2) is 0 Å². The van der Waals surface area contributed by atoms with E-state index >= 15 is 0 Å². The van der Waals surface area contributed by atoms with Gasteiger partial charge in [-0.3, -0.25) is 0 Å². The summed E-state index contributed by atoms with van der Waals surface area (Å²) in [6, 6.07) is 6.79. The molecule has 0 spiro atoms. The number of hydrogen-bond donors (Lipinski definition) is 1. The van der Waals surface area contributed by atoms with E-state index in [2.05, 4.69) is 24.1 Å². The van der Waals surface area contributed by atoms with Gasteiger partial charge in [0.15, 0.2) is 0 Å². The quantitative estimate of drug-likeness (QED) is 0.893. The number of rotatable bonds is 2. The number of hydrogen-bond acceptors (Lipinski definition) is 3. The number of nitrogens with one attached hydrogen (secondary N) is 1. The molecule has 1 fully saturated rings. The lowest BCUT2D eigenvalue weighted by atomic mass is 10.2. The van der Waals surface area contributed by atoms with Gasteiger partial charge in [-0.2, -0.15) is 0 Å². The van der Waals surface area contributed by atoms with Crippen LogP contribution < -0.4 is 15.0 Å². The van der Waals surface area contributed by atoms with Gasteiger partial charge in [-0.05, 0) is 38.5 Å². The van der Waals surface area contributed by atoms with E-state index in [0.717, 1.165) is 36.0 Å². The summed E-state index contributed by atoms with van der Waals surface area (Å²) in [7, 11) is 1.70. The molecule has 0 bridgehead atoms. The number of nitrogens with zero attached hydrogens (tertiary/aromatic N) is 1. The van der Waals surface area contributed by atoms with Crippen LogP contribution in [0.5, 0.6) is 5.75 Å². The summed E-state index contributed by atoms with van der Waals surface area (Å²) in [4.78, 5) is 2.38. The first-order valence-corrected chi connectivity index (χ1v) is 6.83. The maximum absolute atomic E-state index is 6.11. The Morgan fingerprint density at radius 2 is 2.17 bits per heavy atom. The van der Waals surface area contributed by atoms with Crippen molar-refractivity contribution >= 4 is 17.3 Å². The van der Waals surface area contributed by atoms with Crippen molar-refractivity contribution < 1.29 is 4.74 Å². The van der Waals surface area contributed by atoms with E-state index in [9.17, 15) is 0 Å². The van der Waals surface area contributed by atoms with E-state index in [1.165, 1.54) is 0 Å². The fraction of sp³-hybridized carbons (Fsp3) is 0.571. The summed E-state index contributed by atoms with van der Waals surface area (Å²) in [5, 5.41) is 4.28. The Bertz CT molecular complexity index is 411. The first-order valence-electron chi connectivity index (χ1n) is 6.45. The van der Waals surface area contributed by atoms with Crippen LogP contribution >= 0.6 is 11.6 Å². The van der Waals surface area contributed by atoms with E-state index in [1.807, 2.05) is 18.2 Å². The van der Waals surface area contributed by atoms with E-state index in [4.69, 9.17) is 16.3 Å². The zero-order valence-corrected chi connectivity index (χ0v) is 12.0. The highest BCUT2D eigenvalue weighted by Crippen LogP contribution is 2.33. The highest BCUT2D eigenvalue weighted by Gasteiger charge is 2.22. The Morgan fingerprint density at radius 1 is 1.39 bits per heavy atom. The normalized spacial score (nSPS) is 24.8. The van der Waals surface area contributed by atoms with E-state index in [0.29, 0.717) is 12.1 Å². The molecule has 2 rings (SSSR count). The Kier molecular flexibility index (Phi) is 4.36. The van der Waals surface area contributed by atoms with Gasteiger partial charge in [0.25, 0.3) is 0 Å². The lowest BCUT2D eigenvalue weighted by molar-refractivity contribution is 0.413. The molecule has 2 unspecified atom stereocenters. The second-order valence-electron chi connectivity index (χ2n) is 4.96. The average Bonchev–Trinajstić information content (AvgIpc) is 2.52. The third-order valence-electron chi connectivity index (χ3n) is 3.55. The third-order valence-corrected chi connectivity index (χ3v) is 3.78. The largest absolute Gasteiger partial charge is 0.495 e. The molecule has 1 saturated heterocycles. The highest BCUT2D eigenvalue weighted by molar-refractivity contribution is 6.30. The van der Waals surface area contributed by atoms with Gasteiger partial charge in [-0.15, -0.1) is 0 Å². The van der Waals surface area contributed by atoms with Crippen molar-refractivity contribution in [3.63, 3.8) is 0 Å². The van der Waals surface area contributed by atoms with E-state index < -0.39 is 0 Å². The van der Waals surface area contributed by atoms with Gasteiger partial charge in [0.05, 0.1) is 12.8 Å². The van der Waals surface area contributed by atoms with Crippen molar-refractivity contribution in [3.8, 4) is 5.75 Å². The molecule has 18 heavy (non-hydrogen) atoms. The zero-order valence-electron chi connectivity index (χ0n) is 11.2. The smallest absolute Gasteiger partial charge is 0.142 e. The molecule has 1 aromatic rings. The van der Waals surface area contributed by atoms with Crippen LogP contribution in [0.2, 0.25) is 5.02 Å². The second kappa shape index (κ2) is 5.81. The molecule has 0 saturated carbocycles. The van der Waals surface area contributed by atoms with Crippen molar-refractivity contribution in [1.82, 2.24) is 5.32 Å². The van der Waals surface area contributed by atoms with Crippen LogP contribution in [0.3, 0.4) is 0 Å². The van der Waals surface area contributed by atoms with Gasteiger partial charge in [-0.1, -0.05) is 11.6 Å². The highest BCUT2D eigenvalue weighted by atomic mass is 35.5. The summed E-state index contributed by atoms with van der Waals surface area (Å²) in [6.07, 6.45) is 1.13. The SMILES string of the molecule is COc1ccc(Cl)cc1N1CCC(C)NCC1C. The van der Waals surface area contributed by atoms with Crippen LogP contribution in [-0.2, 0) is 0 Å². The van der Waals surface area contributed by atoms with E-state index in [1.54, 1.807) is 7.11 Å². The van der Waals surface area contributed by atoms with Crippen molar-refractivity contribution in [2.45, 2.75) is 32.4 Å². The maximum atomic E-state index is 6.11. The summed E-state index contributed by atoms with van der Waals surface area (Å²) >= 11 is 6.11. The molecule has 1 N–H and O–H groups in total. The predicted molar refractivity (Wildman–Crippen MR) is 76.9 cm³/mol. The maximum Gasteiger partial charge on any atom is 0.142 e. The first-order chi connectivity index (χ1) is 8.61. The number of halogens is 1. The molecule has 2 atom stereocenters. The van der Waals surface area contributed by atoms with Crippen molar-refractivity contribution in [2.24, 2.45) is 0 Å². The monoisotopic (exact) mass is 268 g/mol. The van der Waals surface area contributed by atoms with E-state index in [-0.39, 0.29) is 0 Å². The van der Waals surface area contributed by atoms with Crippen LogP contribution in [0.1, 0.15) is 20.3 Å². The van der Waals surface area contributed by atoms with Gasteiger partial charge in [0.1, 0.15) is 5.75 Å². The van der Waals surface area contributed by atoms with Crippen LogP contribution in [0.15, 0.2) is 18.2 Å². The van der Waals surface area contributed by atoms with Gasteiger partial charge in [0.2, 0.25) is 0 Å². The molecule has 0 amide bonds. The summed E-state index contributed by atoms with van der Waals surface area (Å²) in [6.45, 7) is 6.46. The first kappa shape index (κ1) is 13.5. The summed E-state index contributed by atoms with van der Waals surface area (Å²) < 4.78 is 5.45. The number of anilines is 1. The lowest BCUT2D eigenvalue weighted by Gasteiger charge is -2.30. The van der Waals surface area contributed by atoms with Crippen LogP contribution in [0.25, 0.3) is 0 Å². The predicted octanol–water partition coefficient (Wildman–Crippen LogP) is 2.93. The molecule has 0 aromatic heterocycles. The number of methoxy groups -OCH3 is 1. The molecule has 0 radical (unpaired) electrons. The zero-order chi connectivity index (χ0) is 13.1. The Labute approximate surface area is 114 Å². The topological polar surface area (TPSA) is 24.5 Å². The molecule has 4 heteroatoms. The van der Waals surface area contributed by atoms with Crippen LogP contribution in [0.4, 0.5) is 5.69 Å². The molecule has 1 aliphatic heterocycles. The van der Waals surface area contributed by atoms with Crippen LogP contribution in [0, 0.1) is 0 Å². The van der Waals surface area contributed by atoms with Crippen molar-refractivity contribution in [3.05, 3.63) is 23.2 Å². The molecule has 1 aliphatic rings. The minimum atomic E-state index is 0.433. The average molecular weight is 269 g/mol.